The van der Waals surface area contributed by atoms with Gasteiger partial charge in [0.25, 0.3) is 5.91 Å². The van der Waals surface area contributed by atoms with Crippen molar-refractivity contribution < 1.29 is 18.6 Å². The van der Waals surface area contributed by atoms with Crippen LogP contribution in [0.1, 0.15) is 19.8 Å². The molecule has 26 heavy (non-hydrogen) atoms. The fraction of sp³-hybridized carbons (Fsp3) is 0.389. The first-order valence-electron chi connectivity index (χ1n) is 8.67. The lowest BCUT2D eigenvalue weighted by atomic mass is 10.2. The maximum atomic E-state index is 11.3. The van der Waals surface area contributed by atoms with E-state index in [1.54, 1.807) is 6.20 Å². The molecule has 140 valence electrons. The Labute approximate surface area is 155 Å². The molecule has 0 saturated carbocycles. The summed E-state index contributed by atoms with van der Waals surface area (Å²) in [6.07, 6.45) is 4.72. The van der Waals surface area contributed by atoms with Crippen LogP contribution in [0, 0.1) is 0 Å². The van der Waals surface area contributed by atoms with Gasteiger partial charge in [-0.05, 0) is 25.0 Å². The molecule has 3 atom stereocenters. The van der Waals surface area contributed by atoms with E-state index >= 15 is 0 Å². The summed E-state index contributed by atoms with van der Waals surface area (Å²) in [6.45, 7) is 7.07. The number of nitrogens with one attached hydrogen (secondary N) is 2. The van der Waals surface area contributed by atoms with Crippen molar-refractivity contribution in [2.75, 3.05) is 13.2 Å². The Balaban J connectivity index is 1.49. The Morgan fingerprint density at radius 2 is 2.19 bits per heavy atom. The zero-order valence-electron chi connectivity index (χ0n) is 14.8. The van der Waals surface area contributed by atoms with Gasteiger partial charge in [-0.1, -0.05) is 31.7 Å². The van der Waals surface area contributed by atoms with Crippen LogP contribution < -0.4 is 14.9 Å². The molecule has 2 heterocycles. The molecule has 2 unspecified atom stereocenters. The molecule has 0 aliphatic carbocycles. The van der Waals surface area contributed by atoms with E-state index in [1.807, 2.05) is 42.2 Å². The Hall–Kier alpha value is -1.92. The molecule has 0 spiro atoms. The number of hydrogen-bond donors (Lipinski definition) is 2. The first-order chi connectivity index (χ1) is 12.7. The second-order valence-corrected chi connectivity index (χ2v) is 7.19. The van der Waals surface area contributed by atoms with E-state index in [4.69, 9.17) is 13.8 Å². The minimum absolute atomic E-state index is 0.0261. The number of hydrogen-bond acceptors (Lipinski definition) is 6. The number of nitrogens with zero attached hydrogens (tertiary/aromatic N) is 1. The molecule has 1 saturated heterocycles. The van der Waals surface area contributed by atoms with Gasteiger partial charge in [0.05, 0.1) is 12.7 Å². The Bertz CT molecular complexity index is 655. The fourth-order valence-corrected chi connectivity index (χ4v) is 3.81. The molecule has 0 bridgehead atoms. The fourth-order valence-electron chi connectivity index (χ4n) is 2.73. The van der Waals surface area contributed by atoms with Crippen molar-refractivity contribution >= 4 is 14.4 Å². The summed E-state index contributed by atoms with van der Waals surface area (Å²) in [6, 6.07) is 9.61. The van der Waals surface area contributed by atoms with Crippen molar-refractivity contribution in [3.63, 3.8) is 0 Å². The number of ether oxygens (including phenoxy) is 1. The van der Waals surface area contributed by atoms with Crippen LogP contribution in [0.5, 0.6) is 5.75 Å². The van der Waals surface area contributed by atoms with E-state index in [0.717, 1.165) is 25.1 Å². The third-order valence-corrected chi connectivity index (χ3v) is 5.29. The van der Waals surface area contributed by atoms with Gasteiger partial charge < -0.3 is 24.0 Å². The Morgan fingerprint density at radius 1 is 1.38 bits per heavy atom. The molecule has 1 amide bonds. The number of benzene rings is 1. The molecule has 1 fully saturated rings. The molecule has 8 heteroatoms. The predicted octanol–water partition coefficient (Wildman–Crippen LogP) is 2.84. The van der Waals surface area contributed by atoms with E-state index in [2.05, 4.69) is 17.0 Å². The van der Waals surface area contributed by atoms with Crippen LogP contribution in [0.2, 0.25) is 0 Å². The lowest BCUT2D eigenvalue weighted by Gasteiger charge is -2.31. The van der Waals surface area contributed by atoms with Gasteiger partial charge in [-0.3, -0.25) is 4.79 Å². The third-order valence-electron chi connectivity index (χ3n) is 3.96. The zero-order chi connectivity index (χ0) is 18.4. The van der Waals surface area contributed by atoms with Crippen LogP contribution >= 0.6 is 8.53 Å². The lowest BCUT2D eigenvalue weighted by Crippen LogP contribution is -2.41. The summed E-state index contributed by atoms with van der Waals surface area (Å²) >= 11 is 0. The quantitative estimate of drug-likeness (QED) is 0.679. The molecule has 7 nitrogen and oxygen atoms in total. The largest absolute Gasteiger partial charge is 0.436 e. The molecule has 2 aliphatic heterocycles. The number of carbonyl (C=O) groups excluding carboxylic acids is 1. The van der Waals surface area contributed by atoms with Gasteiger partial charge in [-0.15, -0.1) is 0 Å². The van der Waals surface area contributed by atoms with E-state index in [0.29, 0.717) is 12.4 Å². The van der Waals surface area contributed by atoms with Crippen molar-refractivity contribution in [2.45, 2.75) is 32.1 Å². The van der Waals surface area contributed by atoms with Gasteiger partial charge in [0, 0.05) is 18.8 Å². The highest BCUT2D eigenvalue weighted by atomic mass is 31.2. The van der Waals surface area contributed by atoms with Crippen LogP contribution in [0.4, 0.5) is 0 Å². The molecule has 0 radical (unpaired) electrons. The summed E-state index contributed by atoms with van der Waals surface area (Å²) < 4.78 is 17.9. The minimum Gasteiger partial charge on any atom is -0.436 e. The van der Waals surface area contributed by atoms with Gasteiger partial charge in [0.15, 0.2) is 0 Å². The number of rotatable bonds is 8. The van der Waals surface area contributed by atoms with Gasteiger partial charge in [0.1, 0.15) is 17.8 Å². The number of para-hydroxylation sites is 1. The van der Waals surface area contributed by atoms with Crippen molar-refractivity contribution in [1.82, 2.24) is 15.3 Å². The van der Waals surface area contributed by atoms with Gasteiger partial charge in [-0.25, -0.2) is 5.09 Å². The van der Waals surface area contributed by atoms with Gasteiger partial charge >= 0.3 is 8.53 Å². The summed E-state index contributed by atoms with van der Waals surface area (Å²) in [5.41, 5.74) is 0. The average molecular weight is 377 g/mol. The number of amides is 1. The van der Waals surface area contributed by atoms with Crippen LogP contribution in [-0.4, -0.2) is 36.3 Å². The van der Waals surface area contributed by atoms with E-state index in [9.17, 15) is 4.79 Å². The smallest absolute Gasteiger partial charge is 0.318 e. The predicted molar refractivity (Wildman–Crippen MR) is 99.8 cm³/mol. The highest BCUT2D eigenvalue weighted by molar-refractivity contribution is 7.45. The van der Waals surface area contributed by atoms with Crippen molar-refractivity contribution in [3.05, 3.63) is 55.0 Å². The minimum atomic E-state index is -1.23. The molecule has 2 N–H and O–H groups in total. The van der Waals surface area contributed by atoms with Crippen LogP contribution in [-0.2, 0) is 14.1 Å². The maximum Gasteiger partial charge on any atom is 0.318 e. The van der Waals surface area contributed by atoms with Crippen molar-refractivity contribution in [2.24, 2.45) is 0 Å². The molecular weight excluding hydrogens is 353 g/mol. The highest BCUT2D eigenvalue weighted by Crippen LogP contribution is 2.36. The van der Waals surface area contributed by atoms with Crippen LogP contribution in [0.3, 0.4) is 0 Å². The van der Waals surface area contributed by atoms with E-state index < -0.39 is 8.53 Å². The van der Waals surface area contributed by atoms with Crippen LogP contribution in [0.25, 0.3) is 0 Å². The second kappa shape index (κ2) is 9.14. The first-order valence-corrected chi connectivity index (χ1v) is 9.85. The summed E-state index contributed by atoms with van der Waals surface area (Å²) in [5, 5.41) is 5.91. The molecular formula is C18H24N3O4P. The molecule has 0 aromatic heterocycles. The molecule has 2 aliphatic rings. The zero-order valence-corrected chi connectivity index (χ0v) is 15.7. The normalized spacial score (nSPS) is 23.8. The number of carbonyl (C=O) groups is 1. The van der Waals surface area contributed by atoms with Gasteiger partial charge in [0.2, 0.25) is 0 Å². The maximum absolute atomic E-state index is 11.3. The van der Waals surface area contributed by atoms with Crippen LogP contribution in [0.15, 0.2) is 55.0 Å². The molecule has 1 aromatic carbocycles. The summed E-state index contributed by atoms with van der Waals surface area (Å²) in [7, 11) is -1.23. The topological polar surface area (TPSA) is 72.1 Å². The highest BCUT2D eigenvalue weighted by Gasteiger charge is 2.32. The monoisotopic (exact) mass is 377 g/mol. The summed E-state index contributed by atoms with van der Waals surface area (Å²) in [5.74, 6) is 1.14. The van der Waals surface area contributed by atoms with Crippen molar-refractivity contribution in [3.8, 4) is 5.75 Å². The standard InChI is InChI=1S/C18H24N3O4P/c1-3-19-26(25-15-7-5-4-6-8-15)23-13-16-9-10-18(24-16)21-12-11-17(22)20-14(21)2/h4-8,11-12,16,18-19H,2-3,9-10,13H2,1H3,(H,20,22)/t16?,18?,26-/m1/s1. The Morgan fingerprint density at radius 3 is 2.92 bits per heavy atom. The second-order valence-electron chi connectivity index (χ2n) is 5.92. The van der Waals surface area contributed by atoms with E-state index in [1.165, 1.54) is 6.08 Å². The van der Waals surface area contributed by atoms with Crippen molar-refractivity contribution in [1.29, 1.82) is 0 Å². The molecule has 1 aromatic rings. The SMILES string of the molecule is C=C1NC(=O)C=CN1C1CCC(CO[P@@](NCC)Oc2ccccc2)O1. The van der Waals surface area contributed by atoms with Gasteiger partial charge in [-0.2, -0.15) is 0 Å². The summed E-state index contributed by atoms with van der Waals surface area (Å²) in [4.78, 5) is 13.2. The Kier molecular flexibility index (Phi) is 6.63. The van der Waals surface area contributed by atoms with E-state index in [-0.39, 0.29) is 18.2 Å². The first kappa shape index (κ1) is 18.9. The third kappa shape index (κ3) is 5.05. The molecule has 3 rings (SSSR count). The lowest BCUT2D eigenvalue weighted by molar-refractivity contribution is -0.117. The average Bonchev–Trinajstić information content (AvgIpc) is 3.09.